The second-order valence-electron chi connectivity index (χ2n) is 13.8. The maximum atomic E-state index is 12.4. The van der Waals surface area contributed by atoms with E-state index in [0.717, 1.165) is 18.1 Å². The Hall–Kier alpha value is -3.80. The lowest BCUT2D eigenvalue weighted by Crippen LogP contribution is -2.67. The van der Waals surface area contributed by atoms with Gasteiger partial charge in [-0.15, -0.1) is 0 Å². The maximum Gasteiger partial charge on any atom is 0.303 e. The van der Waals surface area contributed by atoms with Crippen molar-refractivity contribution in [1.82, 2.24) is 5.32 Å². The number of carbonyl (C=O) groups excluding carboxylic acids is 2. The molecule has 0 aliphatic carbocycles. The molecule has 3 fully saturated rings. The van der Waals surface area contributed by atoms with Crippen molar-refractivity contribution in [3.05, 3.63) is 65.7 Å². The molecule has 316 valence electrons. The zero-order valence-corrected chi connectivity index (χ0v) is 31.4. The molecule has 0 unspecified atom stereocenters. The second kappa shape index (κ2) is 20.3. The Morgan fingerprint density at radius 3 is 1.77 bits per heavy atom. The summed E-state index contributed by atoms with van der Waals surface area (Å²) in [5.74, 6) is -0.147. The third kappa shape index (κ3) is 11.0. The monoisotopic (exact) mass is 809 g/mol. The number of carbonyl (C=O) groups is 2. The highest BCUT2D eigenvalue weighted by molar-refractivity contribution is 5.91. The number of hydrogen-bond acceptors (Lipinski definition) is 18. The van der Waals surface area contributed by atoms with Gasteiger partial charge in [-0.05, 0) is 54.8 Å². The minimum atomic E-state index is -1.90. The van der Waals surface area contributed by atoms with Crippen LogP contribution in [0.25, 0.3) is 6.08 Å². The summed E-state index contributed by atoms with van der Waals surface area (Å²) < 4.78 is 46.4. The molecule has 0 bridgehead atoms. The van der Waals surface area contributed by atoms with Gasteiger partial charge in [-0.3, -0.25) is 9.59 Å². The lowest BCUT2D eigenvalue weighted by molar-refractivity contribution is -0.382. The molecule has 19 nitrogen and oxygen atoms in total. The summed E-state index contributed by atoms with van der Waals surface area (Å²) in [7, 11) is 1.57. The van der Waals surface area contributed by atoms with Crippen LogP contribution in [-0.4, -0.2) is 172 Å². The van der Waals surface area contributed by atoms with E-state index in [4.69, 9.17) is 37.9 Å². The van der Waals surface area contributed by atoms with Crippen molar-refractivity contribution in [2.24, 2.45) is 0 Å². The fourth-order valence-electron chi connectivity index (χ4n) is 6.54. The summed E-state index contributed by atoms with van der Waals surface area (Å²) in [6, 6.07) is 13.9. The standard InChI is InChI=1S/C38H51NO18/c1-18-33(52-19(2)42)34(56-36-31(48)29(46)27(44)24(16-40)54-36)35(57-37-32(49)30(47)28(45)25(17-41)55-37)38(51-18)53-23-11-6-21(7-12-23)14-15-39-26(43)13-8-20-4-9-22(50-3)10-5-20/h4-13,18,24-25,27-38,40-41,44-49H,14-17H2,1-3H3,(H,39,43)/b13-8+/t18-,24+,25+,27+,28+,29-,30-,31+,32+,33-,34+,35+,36-,37-,38-/m0/s1. The zero-order chi connectivity index (χ0) is 41.4. The van der Waals surface area contributed by atoms with Crippen LogP contribution in [0.1, 0.15) is 25.0 Å². The molecule has 0 aromatic heterocycles. The summed E-state index contributed by atoms with van der Waals surface area (Å²) in [5, 5.41) is 85.8. The Labute approximate surface area is 327 Å². The summed E-state index contributed by atoms with van der Waals surface area (Å²) in [4.78, 5) is 24.7. The average Bonchev–Trinajstić information content (AvgIpc) is 3.20. The predicted octanol–water partition coefficient (Wildman–Crippen LogP) is -2.51. The van der Waals surface area contributed by atoms with Crippen LogP contribution in [0.4, 0.5) is 0 Å². The summed E-state index contributed by atoms with van der Waals surface area (Å²) in [5.41, 5.74) is 1.65. The molecule has 1 amide bonds. The molecule has 0 saturated carbocycles. The van der Waals surface area contributed by atoms with Crippen molar-refractivity contribution in [3.8, 4) is 11.5 Å². The number of methoxy groups -OCH3 is 1. The fraction of sp³-hybridized carbons (Fsp3) is 0.579. The van der Waals surface area contributed by atoms with Gasteiger partial charge in [-0.2, -0.15) is 0 Å². The van der Waals surface area contributed by atoms with E-state index >= 15 is 0 Å². The zero-order valence-electron chi connectivity index (χ0n) is 31.4. The number of benzene rings is 2. The van der Waals surface area contributed by atoms with E-state index in [0.29, 0.717) is 18.7 Å². The lowest BCUT2D eigenvalue weighted by atomic mass is 9.96. The van der Waals surface area contributed by atoms with Crippen LogP contribution in [0.2, 0.25) is 0 Å². The molecule has 19 heteroatoms. The molecule has 57 heavy (non-hydrogen) atoms. The first kappa shape index (κ1) is 44.3. The van der Waals surface area contributed by atoms with Crippen molar-refractivity contribution in [2.75, 3.05) is 26.9 Å². The molecule has 15 atom stereocenters. The Balaban J connectivity index is 1.34. The maximum absolute atomic E-state index is 12.4. The van der Waals surface area contributed by atoms with Crippen molar-refractivity contribution in [3.63, 3.8) is 0 Å². The fourth-order valence-corrected chi connectivity index (χ4v) is 6.54. The third-order valence-electron chi connectivity index (χ3n) is 9.74. The largest absolute Gasteiger partial charge is 0.497 e. The Morgan fingerprint density at radius 2 is 1.25 bits per heavy atom. The van der Waals surface area contributed by atoms with Gasteiger partial charge in [-0.1, -0.05) is 24.3 Å². The first-order chi connectivity index (χ1) is 27.2. The molecular weight excluding hydrogens is 758 g/mol. The van der Waals surface area contributed by atoms with Gasteiger partial charge in [-0.25, -0.2) is 0 Å². The highest BCUT2D eigenvalue weighted by Crippen LogP contribution is 2.35. The van der Waals surface area contributed by atoms with Crippen molar-refractivity contribution in [2.45, 2.75) is 112 Å². The third-order valence-corrected chi connectivity index (χ3v) is 9.74. The molecule has 3 saturated heterocycles. The highest BCUT2D eigenvalue weighted by atomic mass is 16.8. The van der Waals surface area contributed by atoms with Gasteiger partial charge < -0.3 is 84.1 Å². The molecule has 2 aromatic rings. The van der Waals surface area contributed by atoms with Crippen LogP contribution in [0, 0.1) is 0 Å². The number of hydrogen-bond donors (Lipinski definition) is 9. The minimum absolute atomic E-state index is 0.224. The molecular formula is C38H51NO18. The number of nitrogens with one attached hydrogen (secondary N) is 1. The summed E-state index contributed by atoms with van der Waals surface area (Å²) in [6.45, 7) is 1.39. The Morgan fingerprint density at radius 1 is 0.702 bits per heavy atom. The van der Waals surface area contributed by atoms with Gasteiger partial charge in [0, 0.05) is 19.5 Å². The van der Waals surface area contributed by atoms with Crippen LogP contribution < -0.4 is 14.8 Å². The van der Waals surface area contributed by atoms with E-state index in [2.05, 4.69) is 5.32 Å². The second-order valence-corrected chi connectivity index (χ2v) is 13.8. The molecule has 3 heterocycles. The first-order valence-electron chi connectivity index (χ1n) is 18.3. The molecule has 3 aliphatic rings. The molecule has 2 aromatic carbocycles. The number of rotatable bonds is 15. The molecule has 0 spiro atoms. The van der Waals surface area contributed by atoms with E-state index in [1.165, 1.54) is 13.0 Å². The van der Waals surface area contributed by atoms with E-state index in [1.54, 1.807) is 49.6 Å². The lowest BCUT2D eigenvalue weighted by Gasteiger charge is -2.49. The SMILES string of the molecule is COc1ccc(/C=C/C(=O)NCCc2ccc(O[C@@H]3O[C@@H](C)[C@H](OC(C)=O)[C@@H](O[C@@H]4O[C@H](CO)[C@@H](O)[C@H](O)[C@H]4O)[C@H]3O[C@@H]3O[C@H](CO)[C@@H](O)[C@H](O)[C@H]3O)cc2)cc1. The van der Waals surface area contributed by atoms with Crippen LogP contribution in [0.3, 0.4) is 0 Å². The molecule has 5 rings (SSSR count). The van der Waals surface area contributed by atoms with Crippen LogP contribution in [-0.2, 0) is 44.4 Å². The Kier molecular flexibility index (Phi) is 15.7. The van der Waals surface area contributed by atoms with Crippen LogP contribution in [0.15, 0.2) is 54.6 Å². The van der Waals surface area contributed by atoms with Gasteiger partial charge in [0.05, 0.1) is 26.4 Å². The van der Waals surface area contributed by atoms with Gasteiger partial charge in [0.15, 0.2) is 24.8 Å². The van der Waals surface area contributed by atoms with Crippen LogP contribution in [0.5, 0.6) is 11.5 Å². The smallest absolute Gasteiger partial charge is 0.303 e. The van der Waals surface area contributed by atoms with Crippen LogP contribution >= 0.6 is 0 Å². The molecule has 0 radical (unpaired) electrons. The van der Waals surface area contributed by atoms with Gasteiger partial charge >= 0.3 is 5.97 Å². The number of esters is 1. The average molecular weight is 810 g/mol. The number of aliphatic hydroxyl groups is 8. The molecule has 9 N–H and O–H groups in total. The summed E-state index contributed by atoms with van der Waals surface area (Å²) in [6.07, 6.45) is -20.7. The van der Waals surface area contributed by atoms with Crippen molar-refractivity contribution < 1.29 is 88.3 Å². The predicted molar refractivity (Wildman–Crippen MR) is 193 cm³/mol. The summed E-state index contributed by atoms with van der Waals surface area (Å²) >= 11 is 0. The van der Waals surface area contributed by atoms with Gasteiger partial charge in [0.2, 0.25) is 12.2 Å². The van der Waals surface area contributed by atoms with Gasteiger partial charge in [0.25, 0.3) is 0 Å². The quantitative estimate of drug-likeness (QED) is 0.0664. The first-order valence-corrected chi connectivity index (χ1v) is 18.3. The highest BCUT2D eigenvalue weighted by Gasteiger charge is 2.55. The Bertz CT molecular complexity index is 1610. The van der Waals surface area contributed by atoms with E-state index < -0.39 is 111 Å². The molecule has 3 aliphatic heterocycles. The number of amides is 1. The van der Waals surface area contributed by atoms with Gasteiger partial charge in [0.1, 0.15) is 66.4 Å². The topological polar surface area (TPSA) is 282 Å². The van der Waals surface area contributed by atoms with E-state index in [9.17, 15) is 50.4 Å². The normalized spacial score (nSPS) is 35.7. The number of ether oxygens (including phenoxy) is 8. The van der Waals surface area contributed by atoms with Crippen molar-refractivity contribution in [1.29, 1.82) is 0 Å². The number of aliphatic hydroxyl groups excluding tert-OH is 8. The minimum Gasteiger partial charge on any atom is -0.497 e. The van der Waals surface area contributed by atoms with E-state index in [-0.39, 0.29) is 11.7 Å². The van der Waals surface area contributed by atoms with Crippen molar-refractivity contribution >= 4 is 18.0 Å². The van der Waals surface area contributed by atoms with E-state index in [1.807, 2.05) is 12.1 Å².